The first-order valence-electron chi connectivity index (χ1n) is 5.85. The van der Waals surface area contributed by atoms with Crippen LogP contribution in [0.25, 0.3) is 0 Å². The third-order valence-electron chi connectivity index (χ3n) is 2.56. The van der Waals surface area contributed by atoms with Gasteiger partial charge in [-0.1, -0.05) is 0 Å². The minimum Gasteiger partial charge on any atom is -0.316 e. The van der Waals surface area contributed by atoms with Gasteiger partial charge in [-0.2, -0.15) is 0 Å². The van der Waals surface area contributed by atoms with Crippen LogP contribution in [-0.2, 0) is 12.8 Å². The molecule has 0 saturated heterocycles. The molecule has 4 heteroatoms. The van der Waals surface area contributed by atoms with Gasteiger partial charge in [-0.25, -0.2) is 4.98 Å². The van der Waals surface area contributed by atoms with Gasteiger partial charge in [0.15, 0.2) is 0 Å². The van der Waals surface area contributed by atoms with Gasteiger partial charge in [0.25, 0.3) is 0 Å². The number of aromatic nitrogens is 2. The van der Waals surface area contributed by atoms with Crippen molar-refractivity contribution in [2.45, 2.75) is 19.8 Å². The molecule has 2 aromatic heterocycles. The Balaban J connectivity index is 1.61. The summed E-state index contributed by atoms with van der Waals surface area (Å²) >= 11 is 1.72. The fourth-order valence-electron chi connectivity index (χ4n) is 1.65. The summed E-state index contributed by atoms with van der Waals surface area (Å²) in [5.74, 6) is 0. The van der Waals surface area contributed by atoms with Crippen LogP contribution in [0.3, 0.4) is 0 Å². The first kappa shape index (κ1) is 12.2. The normalized spacial score (nSPS) is 10.6. The van der Waals surface area contributed by atoms with E-state index in [1.165, 1.54) is 11.3 Å². The molecule has 2 heterocycles. The highest BCUT2D eigenvalue weighted by atomic mass is 32.1. The number of hydrogen-bond acceptors (Lipinski definition) is 4. The van der Waals surface area contributed by atoms with Crippen LogP contribution >= 0.6 is 11.3 Å². The molecule has 0 aliphatic rings. The summed E-state index contributed by atoms with van der Waals surface area (Å²) in [6, 6.07) is 4.12. The molecular formula is C13H17N3S. The minimum atomic E-state index is 0.994. The standard InChI is InChI=1S/C13H17N3S/c1-11-16-13(10-17-11)5-9-15-8-4-12-2-6-14-7-3-12/h2-3,6-7,10,15H,4-5,8-9H2,1H3. The number of rotatable bonds is 6. The van der Waals surface area contributed by atoms with E-state index in [9.17, 15) is 0 Å². The molecule has 0 aliphatic heterocycles. The van der Waals surface area contributed by atoms with Crippen molar-refractivity contribution >= 4 is 11.3 Å². The summed E-state index contributed by atoms with van der Waals surface area (Å²) in [6.07, 6.45) is 5.75. The second-order valence-corrected chi connectivity index (χ2v) is 5.03. The molecule has 0 aromatic carbocycles. The number of thiazole rings is 1. The molecule has 2 aromatic rings. The first-order chi connectivity index (χ1) is 8.34. The highest BCUT2D eigenvalue weighted by Gasteiger charge is 1.97. The van der Waals surface area contributed by atoms with Crippen LogP contribution in [0.2, 0.25) is 0 Å². The van der Waals surface area contributed by atoms with Crippen molar-refractivity contribution in [1.29, 1.82) is 0 Å². The number of aryl methyl sites for hydroxylation is 1. The van der Waals surface area contributed by atoms with Crippen molar-refractivity contribution in [3.05, 3.63) is 46.2 Å². The molecule has 0 saturated carbocycles. The summed E-state index contributed by atoms with van der Waals surface area (Å²) in [5, 5.41) is 6.72. The van der Waals surface area contributed by atoms with Crippen LogP contribution < -0.4 is 5.32 Å². The second kappa shape index (κ2) is 6.47. The Morgan fingerprint density at radius 2 is 1.94 bits per heavy atom. The Morgan fingerprint density at radius 3 is 2.65 bits per heavy atom. The van der Waals surface area contributed by atoms with Crippen LogP contribution in [0.15, 0.2) is 29.9 Å². The zero-order valence-corrected chi connectivity index (χ0v) is 10.8. The van der Waals surface area contributed by atoms with Gasteiger partial charge >= 0.3 is 0 Å². The monoisotopic (exact) mass is 247 g/mol. The van der Waals surface area contributed by atoms with Gasteiger partial charge in [-0.3, -0.25) is 4.98 Å². The fraction of sp³-hybridized carbons (Fsp3) is 0.385. The molecule has 17 heavy (non-hydrogen) atoms. The van der Waals surface area contributed by atoms with Crippen molar-refractivity contribution in [3.8, 4) is 0 Å². The molecule has 2 rings (SSSR count). The summed E-state index contributed by atoms with van der Waals surface area (Å²) in [4.78, 5) is 8.44. The molecule has 0 aliphatic carbocycles. The lowest BCUT2D eigenvalue weighted by molar-refractivity contribution is 0.676. The molecular weight excluding hydrogens is 230 g/mol. The van der Waals surface area contributed by atoms with E-state index in [1.807, 2.05) is 19.3 Å². The van der Waals surface area contributed by atoms with Crippen LogP contribution in [0.4, 0.5) is 0 Å². The molecule has 0 atom stereocenters. The van der Waals surface area contributed by atoms with Gasteiger partial charge in [0.1, 0.15) is 0 Å². The SMILES string of the molecule is Cc1nc(CCNCCc2ccncc2)cs1. The van der Waals surface area contributed by atoms with Gasteiger partial charge < -0.3 is 5.32 Å². The maximum absolute atomic E-state index is 4.44. The maximum atomic E-state index is 4.44. The van der Waals surface area contributed by atoms with Gasteiger partial charge in [0, 0.05) is 30.7 Å². The van der Waals surface area contributed by atoms with Crippen molar-refractivity contribution in [1.82, 2.24) is 15.3 Å². The van der Waals surface area contributed by atoms with E-state index in [-0.39, 0.29) is 0 Å². The van der Waals surface area contributed by atoms with E-state index in [4.69, 9.17) is 0 Å². The molecule has 0 spiro atoms. The van der Waals surface area contributed by atoms with E-state index < -0.39 is 0 Å². The topological polar surface area (TPSA) is 37.8 Å². The molecule has 3 nitrogen and oxygen atoms in total. The number of pyridine rings is 1. The van der Waals surface area contributed by atoms with Crippen LogP contribution in [-0.4, -0.2) is 23.1 Å². The summed E-state index contributed by atoms with van der Waals surface area (Å²) in [5.41, 5.74) is 2.53. The summed E-state index contributed by atoms with van der Waals surface area (Å²) in [7, 11) is 0. The van der Waals surface area contributed by atoms with Crippen molar-refractivity contribution in [2.24, 2.45) is 0 Å². The van der Waals surface area contributed by atoms with E-state index in [2.05, 4.69) is 32.8 Å². The van der Waals surface area contributed by atoms with Crippen LogP contribution in [0.5, 0.6) is 0 Å². The van der Waals surface area contributed by atoms with Crippen LogP contribution in [0.1, 0.15) is 16.3 Å². The number of nitrogens with zero attached hydrogens (tertiary/aromatic N) is 2. The highest BCUT2D eigenvalue weighted by Crippen LogP contribution is 2.07. The first-order valence-corrected chi connectivity index (χ1v) is 6.73. The predicted octanol–water partition coefficient (Wildman–Crippen LogP) is 2.22. The molecule has 1 N–H and O–H groups in total. The van der Waals surface area contributed by atoms with E-state index in [0.29, 0.717) is 0 Å². The van der Waals surface area contributed by atoms with Crippen molar-refractivity contribution in [2.75, 3.05) is 13.1 Å². The molecule has 0 fully saturated rings. The Morgan fingerprint density at radius 1 is 1.18 bits per heavy atom. The van der Waals surface area contributed by atoms with E-state index in [0.717, 1.165) is 30.9 Å². The molecule has 0 amide bonds. The Bertz CT molecular complexity index is 439. The van der Waals surface area contributed by atoms with Gasteiger partial charge in [0.2, 0.25) is 0 Å². The predicted molar refractivity (Wildman–Crippen MR) is 71.4 cm³/mol. The third-order valence-corrected chi connectivity index (χ3v) is 3.39. The lowest BCUT2D eigenvalue weighted by Crippen LogP contribution is -2.20. The third kappa shape index (κ3) is 4.24. The Hall–Kier alpha value is -1.26. The molecule has 0 unspecified atom stereocenters. The average Bonchev–Trinajstić information content (AvgIpc) is 2.76. The van der Waals surface area contributed by atoms with Crippen molar-refractivity contribution in [3.63, 3.8) is 0 Å². The minimum absolute atomic E-state index is 0.994. The highest BCUT2D eigenvalue weighted by molar-refractivity contribution is 7.09. The molecule has 0 radical (unpaired) electrons. The number of hydrogen-bond donors (Lipinski definition) is 1. The Labute approximate surface area is 106 Å². The van der Waals surface area contributed by atoms with Crippen molar-refractivity contribution < 1.29 is 0 Å². The lowest BCUT2D eigenvalue weighted by Gasteiger charge is -2.03. The van der Waals surface area contributed by atoms with Gasteiger partial charge in [-0.15, -0.1) is 11.3 Å². The fourth-order valence-corrected chi connectivity index (χ4v) is 2.29. The molecule has 0 bridgehead atoms. The average molecular weight is 247 g/mol. The van der Waals surface area contributed by atoms with E-state index >= 15 is 0 Å². The Kier molecular flexibility index (Phi) is 4.64. The van der Waals surface area contributed by atoms with Gasteiger partial charge in [-0.05, 0) is 37.6 Å². The van der Waals surface area contributed by atoms with Crippen LogP contribution in [0, 0.1) is 6.92 Å². The largest absolute Gasteiger partial charge is 0.316 e. The zero-order valence-electron chi connectivity index (χ0n) is 10.0. The number of nitrogens with one attached hydrogen (secondary N) is 1. The summed E-state index contributed by atoms with van der Waals surface area (Å²) in [6.45, 7) is 4.05. The quantitative estimate of drug-likeness (QED) is 0.795. The maximum Gasteiger partial charge on any atom is 0.0897 e. The zero-order chi connectivity index (χ0) is 11.9. The second-order valence-electron chi connectivity index (χ2n) is 3.96. The summed E-state index contributed by atoms with van der Waals surface area (Å²) < 4.78 is 0. The van der Waals surface area contributed by atoms with E-state index in [1.54, 1.807) is 11.3 Å². The van der Waals surface area contributed by atoms with Gasteiger partial charge in [0.05, 0.1) is 10.7 Å². The smallest absolute Gasteiger partial charge is 0.0897 e. The molecule has 90 valence electrons. The lowest BCUT2D eigenvalue weighted by atomic mass is 10.2.